The number of benzene rings is 2. The number of hydrogen-bond acceptors (Lipinski definition) is 2. The summed E-state index contributed by atoms with van der Waals surface area (Å²) in [7, 11) is 0. The second kappa shape index (κ2) is 6.29. The molecule has 0 spiro atoms. The van der Waals surface area contributed by atoms with Gasteiger partial charge in [-0.2, -0.15) is 0 Å². The molecule has 0 amide bonds. The first-order valence-corrected chi connectivity index (χ1v) is 6.63. The van der Waals surface area contributed by atoms with Crippen molar-refractivity contribution >= 4 is 23.2 Å². The van der Waals surface area contributed by atoms with E-state index in [4.69, 9.17) is 27.9 Å². The highest BCUT2D eigenvalue weighted by molar-refractivity contribution is 6.31. The van der Waals surface area contributed by atoms with Crippen LogP contribution in [-0.2, 0) is 13.2 Å². The molecule has 0 aliphatic heterocycles. The minimum Gasteiger partial charge on any atom is -0.488 e. The molecule has 0 saturated heterocycles. The number of aliphatic hydroxyl groups excluding tert-OH is 1. The van der Waals surface area contributed by atoms with Crippen molar-refractivity contribution in [3.8, 4) is 5.75 Å². The molecule has 0 heterocycles. The number of rotatable bonds is 4. The summed E-state index contributed by atoms with van der Waals surface area (Å²) < 4.78 is 5.69. The first-order valence-electron chi connectivity index (χ1n) is 5.87. The Morgan fingerprint density at radius 3 is 2.53 bits per heavy atom. The quantitative estimate of drug-likeness (QED) is 0.908. The van der Waals surface area contributed by atoms with Crippen molar-refractivity contribution in [2.45, 2.75) is 20.1 Å². The lowest BCUT2D eigenvalue weighted by molar-refractivity contribution is 0.259. The van der Waals surface area contributed by atoms with E-state index in [-0.39, 0.29) is 6.61 Å². The molecule has 0 bridgehead atoms. The first-order chi connectivity index (χ1) is 9.10. The molecular weight excluding hydrogens is 283 g/mol. The molecule has 2 rings (SSSR count). The van der Waals surface area contributed by atoms with Crippen molar-refractivity contribution < 1.29 is 9.84 Å². The Bertz CT molecular complexity index is 582. The summed E-state index contributed by atoms with van der Waals surface area (Å²) in [4.78, 5) is 0. The molecule has 0 unspecified atom stereocenters. The van der Waals surface area contributed by atoms with E-state index in [1.54, 1.807) is 18.2 Å². The minimum atomic E-state index is -0.114. The van der Waals surface area contributed by atoms with E-state index in [0.29, 0.717) is 28.0 Å². The Morgan fingerprint density at radius 1 is 1.05 bits per heavy atom. The summed E-state index contributed by atoms with van der Waals surface area (Å²) in [6, 6.07) is 11.0. The molecule has 2 aromatic rings. The van der Waals surface area contributed by atoms with Crippen molar-refractivity contribution in [1.29, 1.82) is 0 Å². The van der Waals surface area contributed by atoms with E-state index in [1.807, 2.05) is 25.1 Å². The van der Waals surface area contributed by atoms with Crippen molar-refractivity contribution in [3.05, 3.63) is 63.1 Å². The third kappa shape index (κ3) is 3.63. The average Bonchev–Trinajstić information content (AvgIpc) is 2.39. The van der Waals surface area contributed by atoms with Gasteiger partial charge in [0.05, 0.1) is 6.61 Å². The van der Waals surface area contributed by atoms with Gasteiger partial charge >= 0.3 is 0 Å². The van der Waals surface area contributed by atoms with Crippen molar-refractivity contribution in [3.63, 3.8) is 0 Å². The molecule has 0 radical (unpaired) electrons. The summed E-state index contributed by atoms with van der Waals surface area (Å²) in [5.74, 6) is 0.614. The van der Waals surface area contributed by atoms with Gasteiger partial charge in [0, 0.05) is 21.2 Å². The van der Waals surface area contributed by atoms with Gasteiger partial charge in [-0.1, -0.05) is 35.3 Å². The molecule has 0 saturated carbocycles. The van der Waals surface area contributed by atoms with E-state index in [1.165, 1.54) is 0 Å². The number of aliphatic hydroxyl groups is 1. The third-order valence-corrected chi connectivity index (χ3v) is 3.37. The predicted molar refractivity (Wildman–Crippen MR) is 77.9 cm³/mol. The largest absolute Gasteiger partial charge is 0.488 e. The highest BCUT2D eigenvalue weighted by atomic mass is 35.5. The zero-order chi connectivity index (χ0) is 13.8. The molecule has 0 aromatic heterocycles. The van der Waals surface area contributed by atoms with Crippen LogP contribution in [0.1, 0.15) is 16.7 Å². The fourth-order valence-corrected chi connectivity index (χ4v) is 2.22. The van der Waals surface area contributed by atoms with Gasteiger partial charge in [0.25, 0.3) is 0 Å². The number of ether oxygens (including phenoxy) is 1. The number of aryl methyl sites for hydroxylation is 1. The van der Waals surface area contributed by atoms with Crippen LogP contribution in [-0.4, -0.2) is 5.11 Å². The number of hydrogen-bond donors (Lipinski definition) is 1. The van der Waals surface area contributed by atoms with Gasteiger partial charge in [-0.15, -0.1) is 0 Å². The molecule has 0 aliphatic carbocycles. The van der Waals surface area contributed by atoms with Crippen LogP contribution in [0.5, 0.6) is 5.75 Å². The van der Waals surface area contributed by atoms with Crippen molar-refractivity contribution in [1.82, 2.24) is 0 Å². The van der Waals surface area contributed by atoms with Gasteiger partial charge < -0.3 is 9.84 Å². The van der Waals surface area contributed by atoms with E-state index in [2.05, 4.69) is 0 Å². The molecule has 2 nitrogen and oxygen atoms in total. The molecule has 0 atom stereocenters. The van der Waals surface area contributed by atoms with Crippen LogP contribution in [0.3, 0.4) is 0 Å². The van der Waals surface area contributed by atoms with Crippen LogP contribution >= 0.6 is 23.2 Å². The summed E-state index contributed by atoms with van der Waals surface area (Å²) in [6.07, 6.45) is 0. The predicted octanol–water partition coefficient (Wildman–Crippen LogP) is 4.37. The molecule has 19 heavy (non-hydrogen) atoms. The van der Waals surface area contributed by atoms with E-state index in [9.17, 15) is 5.11 Å². The SMILES string of the molecule is Cc1ccc(COc2ccc(Cl)cc2CO)c(Cl)c1. The molecule has 0 fully saturated rings. The smallest absolute Gasteiger partial charge is 0.125 e. The second-order valence-electron chi connectivity index (χ2n) is 4.29. The van der Waals surface area contributed by atoms with Crippen molar-refractivity contribution in [2.75, 3.05) is 0 Å². The van der Waals surface area contributed by atoms with Crippen LogP contribution in [0.2, 0.25) is 10.0 Å². The summed E-state index contributed by atoms with van der Waals surface area (Å²) in [6.45, 7) is 2.23. The van der Waals surface area contributed by atoms with Gasteiger partial charge in [-0.25, -0.2) is 0 Å². The van der Waals surface area contributed by atoms with Gasteiger partial charge in [0.15, 0.2) is 0 Å². The minimum absolute atomic E-state index is 0.114. The molecule has 0 aliphatic rings. The zero-order valence-electron chi connectivity index (χ0n) is 10.5. The van der Waals surface area contributed by atoms with Crippen LogP contribution in [0.4, 0.5) is 0 Å². The van der Waals surface area contributed by atoms with Crippen LogP contribution < -0.4 is 4.74 Å². The number of halogens is 2. The Balaban J connectivity index is 2.14. The normalized spacial score (nSPS) is 10.5. The lowest BCUT2D eigenvalue weighted by atomic mass is 10.1. The summed E-state index contributed by atoms with van der Waals surface area (Å²) in [5, 5.41) is 10.5. The van der Waals surface area contributed by atoms with Gasteiger partial charge in [-0.3, -0.25) is 0 Å². The Hall–Kier alpha value is -1.22. The Labute approximate surface area is 122 Å². The average molecular weight is 297 g/mol. The maximum absolute atomic E-state index is 9.27. The molecule has 100 valence electrons. The Kier molecular flexibility index (Phi) is 4.70. The molecule has 1 N–H and O–H groups in total. The van der Waals surface area contributed by atoms with Gasteiger partial charge in [0.1, 0.15) is 12.4 Å². The highest BCUT2D eigenvalue weighted by Gasteiger charge is 2.06. The maximum atomic E-state index is 9.27. The molecule has 2 aromatic carbocycles. The second-order valence-corrected chi connectivity index (χ2v) is 5.14. The lowest BCUT2D eigenvalue weighted by Crippen LogP contribution is -1.99. The van der Waals surface area contributed by atoms with E-state index in [0.717, 1.165) is 11.1 Å². The van der Waals surface area contributed by atoms with Gasteiger partial charge in [0.2, 0.25) is 0 Å². The highest BCUT2D eigenvalue weighted by Crippen LogP contribution is 2.25. The fourth-order valence-electron chi connectivity index (χ4n) is 1.74. The molecular formula is C15H14Cl2O2. The van der Waals surface area contributed by atoms with Crippen LogP contribution in [0.15, 0.2) is 36.4 Å². The lowest BCUT2D eigenvalue weighted by Gasteiger charge is -2.11. The van der Waals surface area contributed by atoms with E-state index < -0.39 is 0 Å². The molecule has 4 heteroatoms. The van der Waals surface area contributed by atoms with Crippen molar-refractivity contribution in [2.24, 2.45) is 0 Å². The Morgan fingerprint density at radius 2 is 1.84 bits per heavy atom. The zero-order valence-corrected chi connectivity index (χ0v) is 12.0. The topological polar surface area (TPSA) is 29.5 Å². The van der Waals surface area contributed by atoms with Crippen LogP contribution in [0.25, 0.3) is 0 Å². The third-order valence-electron chi connectivity index (χ3n) is 2.78. The standard InChI is InChI=1S/C15H14Cl2O2/c1-10-2-3-11(14(17)6-10)9-19-15-5-4-13(16)7-12(15)8-18/h2-7,18H,8-9H2,1H3. The maximum Gasteiger partial charge on any atom is 0.125 e. The van der Waals surface area contributed by atoms with Gasteiger partial charge in [-0.05, 0) is 36.8 Å². The van der Waals surface area contributed by atoms with Crippen LogP contribution in [0, 0.1) is 6.92 Å². The fraction of sp³-hybridized carbons (Fsp3) is 0.200. The summed E-state index contributed by atoms with van der Waals surface area (Å²) >= 11 is 12.0. The van der Waals surface area contributed by atoms with E-state index >= 15 is 0 Å². The monoisotopic (exact) mass is 296 g/mol. The first kappa shape index (κ1) is 14.2. The summed E-state index contributed by atoms with van der Waals surface area (Å²) in [5.41, 5.74) is 2.68.